The Morgan fingerprint density at radius 2 is 1.44 bits per heavy atom. The first kappa shape index (κ1) is 34.6. The highest BCUT2D eigenvalue weighted by molar-refractivity contribution is 6.74. The van der Waals surface area contributed by atoms with Crippen molar-refractivity contribution in [2.75, 3.05) is 13.1 Å². The molecule has 9 nitrogen and oxygen atoms in total. The number of piperazine rings is 1. The second-order valence-electron chi connectivity index (χ2n) is 15.4. The van der Waals surface area contributed by atoms with E-state index in [1.54, 1.807) is 41.5 Å². The zero-order valence-electron chi connectivity index (χ0n) is 28.2. The Labute approximate surface area is 258 Å². The summed E-state index contributed by atoms with van der Waals surface area (Å²) in [4.78, 5) is 42.3. The van der Waals surface area contributed by atoms with E-state index in [0.29, 0.717) is 5.57 Å². The molecular weight excluding hydrogens is 564 g/mol. The van der Waals surface area contributed by atoms with Gasteiger partial charge in [-0.1, -0.05) is 45.0 Å². The van der Waals surface area contributed by atoms with Gasteiger partial charge in [-0.2, -0.15) is 0 Å². The van der Waals surface area contributed by atoms with E-state index in [9.17, 15) is 19.5 Å². The lowest BCUT2D eigenvalue weighted by atomic mass is 9.82. The van der Waals surface area contributed by atoms with Gasteiger partial charge < -0.3 is 23.9 Å². The summed E-state index contributed by atoms with van der Waals surface area (Å²) in [5, 5.41) is 10.6. The summed E-state index contributed by atoms with van der Waals surface area (Å²) in [7, 11) is -1.90. The highest BCUT2D eigenvalue weighted by atomic mass is 28.4. The van der Waals surface area contributed by atoms with Crippen molar-refractivity contribution in [3.63, 3.8) is 0 Å². The fourth-order valence-electron chi connectivity index (χ4n) is 5.41. The molecule has 3 unspecified atom stereocenters. The number of carbonyl (C=O) groups excluding carboxylic acids is 2. The van der Waals surface area contributed by atoms with Crippen molar-refractivity contribution in [2.45, 2.75) is 130 Å². The van der Waals surface area contributed by atoms with Crippen molar-refractivity contribution in [1.82, 2.24) is 9.80 Å². The molecule has 2 bridgehead atoms. The van der Waals surface area contributed by atoms with Gasteiger partial charge in [0, 0.05) is 19.2 Å². The van der Waals surface area contributed by atoms with Crippen LogP contribution in [0.3, 0.4) is 0 Å². The number of fused-ring (bicyclic) bond motifs is 2. The number of carboxylic acid groups (broad SMARTS) is 1. The number of amides is 2. The summed E-state index contributed by atoms with van der Waals surface area (Å²) < 4.78 is 17.8. The number of rotatable bonds is 6. The molecule has 43 heavy (non-hydrogen) atoms. The molecular formula is C33H52N2O7Si. The molecule has 1 N–H and O–H groups in total. The van der Waals surface area contributed by atoms with E-state index in [0.717, 1.165) is 17.5 Å². The molecule has 0 saturated carbocycles. The lowest BCUT2D eigenvalue weighted by molar-refractivity contribution is -0.134. The van der Waals surface area contributed by atoms with Crippen LogP contribution in [0.4, 0.5) is 9.59 Å². The van der Waals surface area contributed by atoms with Gasteiger partial charge >= 0.3 is 18.2 Å². The third kappa shape index (κ3) is 8.62. The van der Waals surface area contributed by atoms with Crippen LogP contribution in [-0.2, 0) is 25.1 Å². The normalized spacial score (nSPS) is 20.6. The van der Waals surface area contributed by atoms with Gasteiger partial charge in [0.15, 0.2) is 8.32 Å². The Hall–Kier alpha value is -2.85. The molecule has 10 heteroatoms. The molecule has 2 heterocycles. The summed E-state index contributed by atoms with van der Waals surface area (Å²) in [6.07, 6.45) is -0.0509. The van der Waals surface area contributed by atoms with Crippen LogP contribution in [0.25, 0.3) is 5.57 Å². The second-order valence-corrected chi connectivity index (χ2v) is 20.2. The van der Waals surface area contributed by atoms with Gasteiger partial charge in [0.05, 0.1) is 17.7 Å². The number of ether oxygens (including phenoxy) is 2. The van der Waals surface area contributed by atoms with Crippen molar-refractivity contribution >= 4 is 32.0 Å². The number of nitrogens with zero attached hydrogens (tertiary/aromatic N) is 2. The largest absolute Gasteiger partial charge is 0.478 e. The molecule has 1 saturated heterocycles. The molecule has 2 aliphatic heterocycles. The van der Waals surface area contributed by atoms with Crippen molar-refractivity contribution in [1.29, 1.82) is 0 Å². The maximum absolute atomic E-state index is 13.4. The number of hydrogen-bond acceptors (Lipinski definition) is 6. The predicted octanol–water partition coefficient (Wildman–Crippen LogP) is 7.11. The quantitative estimate of drug-likeness (QED) is 0.340. The van der Waals surface area contributed by atoms with Crippen LogP contribution < -0.4 is 0 Å². The number of hydrogen-bond donors (Lipinski definition) is 1. The minimum Gasteiger partial charge on any atom is -0.478 e. The summed E-state index contributed by atoms with van der Waals surface area (Å²) >= 11 is 0. The number of aliphatic carboxylic acids is 1. The minimum absolute atomic E-state index is 0.00379. The van der Waals surface area contributed by atoms with E-state index < -0.39 is 49.8 Å². The molecule has 2 amide bonds. The average molecular weight is 617 g/mol. The third-order valence-electron chi connectivity index (χ3n) is 8.27. The van der Waals surface area contributed by atoms with Gasteiger partial charge in [0.1, 0.15) is 11.2 Å². The fraction of sp³-hybridized carbons (Fsp3) is 0.667. The Morgan fingerprint density at radius 1 is 0.907 bits per heavy atom. The Kier molecular flexibility index (Phi) is 9.88. The highest BCUT2D eigenvalue weighted by Crippen LogP contribution is 2.40. The van der Waals surface area contributed by atoms with Gasteiger partial charge in [-0.05, 0) is 96.1 Å². The van der Waals surface area contributed by atoms with Crippen molar-refractivity contribution in [3.8, 4) is 0 Å². The van der Waals surface area contributed by atoms with Crippen LogP contribution in [0.15, 0.2) is 29.8 Å². The second kappa shape index (κ2) is 12.3. The number of benzene rings is 1. The minimum atomic E-state index is -1.90. The monoisotopic (exact) mass is 616 g/mol. The standard InChI is InChI=1S/C33H52N2O7Si/c1-21(42-43(11,12)33(8,9)10)17-22-13-15-23(16-14-22)25-18-24-19-34(29(38)40-31(2,3)4)20-26(27(25)28(36)37)35(24)30(39)41-32(5,6)7/h13-16,21,24,26H,17-20H2,1-12H3,(H,36,37). The van der Waals surface area contributed by atoms with E-state index in [1.165, 1.54) is 9.80 Å². The van der Waals surface area contributed by atoms with E-state index in [2.05, 4.69) is 40.8 Å². The van der Waals surface area contributed by atoms with Crippen LogP contribution in [0.5, 0.6) is 0 Å². The predicted molar refractivity (Wildman–Crippen MR) is 171 cm³/mol. The molecule has 2 aliphatic rings. The molecule has 1 aromatic rings. The van der Waals surface area contributed by atoms with Crippen molar-refractivity contribution in [2.24, 2.45) is 0 Å². The van der Waals surface area contributed by atoms with Crippen LogP contribution >= 0.6 is 0 Å². The van der Waals surface area contributed by atoms with E-state index in [-0.39, 0.29) is 36.2 Å². The lowest BCUT2D eigenvalue weighted by Gasteiger charge is -2.50. The maximum Gasteiger partial charge on any atom is 0.411 e. The first-order valence-corrected chi connectivity index (χ1v) is 18.1. The van der Waals surface area contributed by atoms with Crippen LogP contribution in [-0.4, -0.2) is 83.9 Å². The van der Waals surface area contributed by atoms with Gasteiger partial charge in [-0.15, -0.1) is 0 Å². The summed E-state index contributed by atoms with van der Waals surface area (Å²) in [5.41, 5.74) is 1.20. The lowest BCUT2D eigenvalue weighted by Crippen LogP contribution is -2.65. The topological polar surface area (TPSA) is 106 Å². The fourth-order valence-corrected chi connectivity index (χ4v) is 6.86. The van der Waals surface area contributed by atoms with Crippen molar-refractivity contribution < 1.29 is 33.4 Å². The molecule has 0 aromatic heterocycles. The zero-order chi connectivity index (χ0) is 32.7. The van der Waals surface area contributed by atoms with Crippen molar-refractivity contribution in [3.05, 3.63) is 41.0 Å². The Bertz CT molecular complexity index is 1240. The highest BCUT2D eigenvalue weighted by Gasteiger charge is 2.49. The summed E-state index contributed by atoms with van der Waals surface area (Å²) in [5.74, 6) is -1.13. The molecule has 3 rings (SSSR count). The van der Waals surface area contributed by atoms with Gasteiger partial charge in [-0.25, -0.2) is 14.4 Å². The number of carboxylic acids is 1. The average Bonchev–Trinajstić information content (AvgIpc) is 2.79. The molecule has 0 aliphatic carbocycles. The summed E-state index contributed by atoms with van der Waals surface area (Å²) in [6, 6.07) is 6.60. The first-order chi connectivity index (χ1) is 19.5. The smallest absolute Gasteiger partial charge is 0.411 e. The first-order valence-electron chi connectivity index (χ1n) is 15.2. The van der Waals surface area contributed by atoms with E-state index in [4.69, 9.17) is 13.9 Å². The van der Waals surface area contributed by atoms with Crippen LogP contribution in [0.2, 0.25) is 18.1 Å². The molecule has 1 aromatic carbocycles. The number of carbonyl (C=O) groups is 3. The van der Waals surface area contributed by atoms with E-state index >= 15 is 0 Å². The molecule has 3 atom stereocenters. The van der Waals surface area contributed by atoms with Gasteiger partial charge in [0.25, 0.3) is 0 Å². The van der Waals surface area contributed by atoms with Crippen LogP contribution in [0, 0.1) is 0 Å². The summed E-state index contributed by atoms with van der Waals surface area (Å²) in [6.45, 7) is 24.2. The molecule has 240 valence electrons. The zero-order valence-corrected chi connectivity index (χ0v) is 29.2. The van der Waals surface area contributed by atoms with E-state index in [1.807, 2.05) is 24.3 Å². The third-order valence-corrected chi connectivity index (χ3v) is 12.9. The molecule has 0 radical (unpaired) electrons. The maximum atomic E-state index is 13.4. The Morgan fingerprint density at radius 3 is 1.93 bits per heavy atom. The van der Waals surface area contributed by atoms with Gasteiger partial charge in [-0.3, -0.25) is 4.90 Å². The molecule has 0 spiro atoms. The van der Waals surface area contributed by atoms with Crippen LogP contribution in [0.1, 0.15) is 86.8 Å². The Balaban J connectivity index is 1.95. The molecule has 1 fully saturated rings. The SMILES string of the molecule is CC(Cc1ccc(C2=C(C(=O)O)C3CN(C(=O)OC(C)(C)C)CC(C2)N3C(=O)OC(C)(C)C)cc1)O[Si](C)(C)C(C)(C)C. The van der Waals surface area contributed by atoms with Gasteiger partial charge in [0.2, 0.25) is 0 Å².